The van der Waals surface area contributed by atoms with Gasteiger partial charge in [-0.25, -0.2) is 29.0 Å². The molecule has 0 spiro atoms. The molecule has 0 radical (unpaired) electrons. The molecule has 0 saturated carbocycles. The van der Waals surface area contributed by atoms with Crippen molar-refractivity contribution in [2.45, 2.75) is 25.6 Å². The summed E-state index contributed by atoms with van der Waals surface area (Å²) in [6.07, 6.45) is 2.08. The van der Waals surface area contributed by atoms with Gasteiger partial charge in [-0.2, -0.15) is 18.3 Å². The number of rotatable bonds is 7. The van der Waals surface area contributed by atoms with E-state index in [9.17, 15) is 17.6 Å². The minimum atomic E-state index is -4.70. The zero-order valence-electron chi connectivity index (χ0n) is 18.3. The van der Waals surface area contributed by atoms with Gasteiger partial charge in [0.05, 0.1) is 23.5 Å². The molecule has 4 N–H and O–H groups in total. The van der Waals surface area contributed by atoms with Crippen molar-refractivity contribution in [3.63, 3.8) is 0 Å². The van der Waals surface area contributed by atoms with E-state index in [2.05, 4.69) is 30.4 Å². The van der Waals surface area contributed by atoms with E-state index in [1.165, 1.54) is 17.1 Å². The summed E-state index contributed by atoms with van der Waals surface area (Å²) >= 11 is 0. The third-order valence-corrected chi connectivity index (χ3v) is 5.14. The Balaban J connectivity index is 1.63. The molecule has 1 aromatic carbocycles. The summed E-state index contributed by atoms with van der Waals surface area (Å²) in [7, 11) is 0. The molecular weight excluding hydrogens is 466 g/mol. The van der Waals surface area contributed by atoms with E-state index in [4.69, 9.17) is 11.1 Å². The van der Waals surface area contributed by atoms with Crippen molar-refractivity contribution >= 4 is 17.3 Å². The molecule has 35 heavy (non-hydrogen) atoms. The third kappa shape index (κ3) is 4.93. The van der Waals surface area contributed by atoms with Crippen LogP contribution in [-0.2, 0) is 6.18 Å². The molecule has 13 heteroatoms. The first-order valence-corrected chi connectivity index (χ1v) is 10.3. The van der Waals surface area contributed by atoms with E-state index < -0.39 is 17.8 Å². The summed E-state index contributed by atoms with van der Waals surface area (Å²) in [6, 6.07) is 5.84. The largest absolute Gasteiger partial charge is 0.451 e. The summed E-state index contributed by atoms with van der Waals surface area (Å²) in [5.74, 6) is -1.61. The minimum Gasteiger partial charge on any atom is -0.383 e. The van der Waals surface area contributed by atoms with Crippen LogP contribution in [0.1, 0.15) is 41.9 Å². The number of alkyl halides is 3. The first-order chi connectivity index (χ1) is 16.7. The van der Waals surface area contributed by atoms with Gasteiger partial charge in [0.2, 0.25) is 5.82 Å². The van der Waals surface area contributed by atoms with Gasteiger partial charge in [-0.15, -0.1) is 0 Å². The quantitative estimate of drug-likeness (QED) is 0.264. The molecule has 1 atom stereocenters. The number of benzene rings is 1. The second-order valence-electron chi connectivity index (χ2n) is 7.43. The van der Waals surface area contributed by atoms with Crippen molar-refractivity contribution in [2.24, 2.45) is 0 Å². The van der Waals surface area contributed by atoms with Gasteiger partial charge < -0.3 is 11.1 Å². The number of anilines is 2. The van der Waals surface area contributed by atoms with Gasteiger partial charge in [0.15, 0.2) is 0 Å². The van der Waals surface area contributed by atoms with Crippen molar-refractivity contribution in [3.8, 4) is 5.69 Å². The minimum absolute atomic E-state index is 0.00275. The maximum absolute atomic E-state index is 14.1. The lowest BCUT2D eigenvalue weighted by Crippen LogP contribution is -2.18. The van der Waals surface area contributed by atoms with E-state index in [0.29, 0.717) is 12.0 Å². The molecule has 0 aliphatic heterocycles. The predicted octanol–water partition coefficient (Wildman–Crippen LogP) is 4.17. The Morgan fingerprint density at radius 1 is 1.11 bits per heavy atom. The molecule has 3 aromatic heterocycles. The number of hydrogen-bond acceptors (Lipinski definition) is 8. The topological polar surface area (TPSA) is 131 Å². The van der Waals surface area contributed by atoms with Gasteiger partial charge in [0.1, 0.15) is 29.5 Å². The number of hydrogen-bond donors (Lipinski definition) is 3. The highest BCUT2D eigenvalue weighted by Crippen LogP contribution is 2.29. The molecule has 4 rings (SSSR count). The molecule has 0 bridgehead atoms. The fourth-order valence-corrected chi connectivity index (χ4v) is 3.38. The van der Waals surface area contributed by atoms with E-state index in [0.717, 1.165) is 12.4 Å². The number of nitrogen functional groups attached to an aromatic ring is 1. The number of nitrogens with two attached hydrogens (primary N) is 1. The van der Waals surface area contributed by atoms with Crippen molar-refractivity contribution < 1.29 is 17.6 Å². The molecule has 180 valence electrons. The summed E-state index contributed by atoms with van der Waals surface area (Å²) < 4.78 is 53.9. The molecule has 0 amide bonds. The van der Waals surface area contributed by atoms with Crippen LogP contribution in [0.5, 0.6) is 0 Å². The number of para-hydroxylation sites is 1. The van der Waals surface area contributed by atoms with Crippen molar-refractivity contribution in [3.05, 3.63) is 83.7 Å². The molecule has 1 unspecified atom stereocenters. The van der Waals surface area contributed by atoms with Crippen molar-refractivity contribution in [2.75, 3.05) is 11.1 Å². The van der Waals surface area contributed by atoms with Gasteiger partial charge in [0.25, 0.3) is 0 Å². The average Bonchev–Trinajstić information content (AvgIpc) is 3.32. The molecule has 0 saturated heterocycles. The molecule has 0 fully saturated rings. The lowest BCUT2D eigenvalue weighted by atomic mass is 10.0. The number of aromatic nitrogens is 6. The van der Waals surface area contributed by atoms with Crippen molar-refractivity contribution in [1.29, 1.82) is 5.41 Å². The Labute approximate surface area is 196 Å². The Hall–Kier alpha value is -4.42. The highest BCUT2D eigenvalue weighted by Gasteiger charge is 2.34. The fraction of sp³-hybridized carbons (Fsp3) is 0.182. The van der Waals surface area contributed by atoms with Gasteiger partial charge in [-0.05, 0) is 18.6 Å². The van der Waals surface area contributed by atoms with Crippen LogP contribution in [0.2, 0.25) is 0 Å². The van der Waals surface area contributed by atoms with Crippen LogP contribution >= 0.6 is 0 Å². The maximum Gasteiger partial charge on any atom is 0.451 e. The van der Waals surface area contributed by atoms with Gasteiger partial charge in [-0.3, -0.25) is 5.41 Å². The first-order valence-electron chi connectivity index (χ1n) is 10.3. The predicted molar refractivity (Wildman–Crippen MR) is 120 cm³/mol. The standard InChI is InChI=1S/C22H19F4N9/c1-2-15(13-9-33-35(10-13)16-6-4-3-5-14(16)23)34-20-17(19(28)31-11-32-20)18(27)12-7-29-21(30-8-12)22(24,25)26/h3-11,15,27H,2H2,1H3,(H3,28,31,32,34). The number of halogens is 4. The van der Waals surface area contributed by atoms with E-state index in [-0.39, 0.29) is 40.2 Å². The summed E-state index contributed by atoms with van der Waals surface area (Å²) in [5.41, 5.74) is 6.82. The highest BCUT2D eigenvalue weighted by molar-refractivity contribution is 6.15. The molecule has 0 aliphatic carbocycles. The Morgan fingerprint density at radius 3 is 2.49 bits per heavy atom. The smallest absolute Gasteiger partial charge is 0.383 e. The summed E-state index contributed by atoms with van der Waals surface area (Å²) in [5, 5.41) is 15.9. The van der Waals surface area contributed by atoms with E-state index in [1.54, 1.807) is 30.6 Å². The van der Waals surface area contributed by atoms with Gasteiger partial charge >= 0.3 is 6.18 Å². The molecule has 9 nitrogen and oxygen atoms in total. The molecular formula is C22H19F4N9. The van der Waals surface area contributed by atoms with Crippen molar-refractivity contribution in [1.82, 2.24) is 29.7 Å². The van der Waals surface area contributed by atoms with Crippen LogP contribution in [-0.4, -0.2) is 35.4 Å². The Bertz CT molecular complexity index is 1350. The molecule has 0 aliphatic rings. The van der Waals surface area contributed by atoms with Crippen LogP contribution in [0, 0.1) is 11.2 Å². The zero-order valence-corrected chi connectivity index (χ0v) is 18.3. The lowest BCUT2D eigenvalue weighted by molar-refractivity contribution is -0.145. The third-order valence-electron chi connectivity index (χ3n) is 5.14. The summed E-state index contributed by atoms with van der Waals surface area (Å²) in [4.78, 5) is 14.7. The molecule has 3 heterocycles. The fourth-order valence-electron chi connectivity index (χ4n) is 3.38. The van der Waals surface area contributed by atoms with Gasteiger partial charge in [-0.1, -0.05) is 19.1 Å². The monoisotopic (exact) mass is 485 g/mol. The summed E-state index contributed by atoms with van der Waals surface area (Å²) in [6.45, 7) is 1.90. The first kappa shape index (κ1) is 23.7. The second kappa shape index (κ2) is 9.44. The van der Waals surface area contributed by atoms with E-state index in [1.807, 2.05) is 6.92 Å². The number of nitrogens with one attached hydrogen (secondary N) is 2. The zero-order chi connectivity index (χ0) is 25.2. The van der Waals surface area contributed by atoms with Crippen LogP contribution < -0.4 is 11.1 Å². The van der Waals surface area contributed by atoms with Crippen LogP contribution in [0.15, 0.2) is 55.4 Å². The normalized spacial score (nSPS) is 12.4. The van der Waals surface area contributed by atoms with Crippen LogP contribution in [0.4, 0.5) is 29.2 Å². The number of nitrogens with zero attached hydrogens (tertiary/aromatic N) is 6. The van der Waals surface area contributed by atoms with Gasteiger partial charge in [0, 0.05) is 29.7 Å². The lowest BCUT2D eigenvalue weighted by Gasteiger charge is -2.19. The van der Waals surface area contributed by atoms with Crippen LogP contribution in [0.25, 0.3) is 5.69 Å². The van der Waals surface area contributed by atoms with Crippen LogP contribution in [0.3, 0.4) is 0 Å². The highest BCUT2D eigenvalue weighted by atomic mass is 19.4. The second-order valence-corrected chi connectivity index (χ2v) is 7.43. The maximum atomic E-state index is 14.1. The Kier molecular flexibility index (Phi) is 6.40. The van der Waals surface area contributed by atoms with E-state index >= 15 is 0 Å². The molecule has 4 aromatic rings. The Morgan fingerprint density at radius 2 is 1.83 bits per heavy atom. The SMILES string of the molecule is CCC(Nc1ncnc(N)c1C(=N)c1cnc(C(F)(F)F)nc1)c1cnn(-c2ccccc2F)c1. The average molecular weight is 485 g/mol.